The molecule has 0 saturated carbocycles. The van der Waals surface area contributed by atoms with Crippen LogP contribution >= 0.6 is 0 Å². The fourth-order valence-corrected chi connectivity index (χ4v) is 2.89. The smallest absolute Gasteiger partial charge is 0.328 e. The molecular weight excluding hydrogens is 344 g/mol. The highest BCUT2D eigenvalue weighted by molar-refractivity contribution is 6.06. The molecule has 0 fully saturated rings. The third kappa shape index (κ3) is 5.17. The number of esters is 2. The van der Waals surface area contributed by atoms with Gasteiger partial charge in [0.05, 0.1) is 19.8 Å². The van der Waals surface area contributed by atoms with Crippen molar-refractivity contribution in [1.82, 2.24) is 0 Å². The van der Waals surface area contributed by atoms with E-state index in [0.29, 0.717) is 12.2 Å². The van der Waals surface area contributed by atoms with Crippen molar-refractivity contribution in [3.05, 3.63) is 71.8 Å². The van der Waals surface area contributed by atoms with E-state index in [1.165, 1.54) is 0 Å². The molecule has 5 heteroatoms. The van der Waals surface area contributed by atoms with E-state index in [4.69, 9.17) is 14.2 Å². The first-order valence-electron chi connectivity index (χ1n) is 9.16. The quantitative estimate of drug-likeness (QED) is 0.363. The highest BCUT2D eigenvalue weighted by atomic mass is 16.6. The Morgan fingerprint density at radius 1 is 0.815 bits per heavy atom. The van der Waals surface area contributed by atoms with Crippen LogP contribution in [0.5, 0.6) is 0 Å². The van der Waals surface area contributed by atoms with Crippen molar-refractivity contribution in [3.63, 3.8) is 0 Å². The van der Waals surface area contributed by atoms with Gasteiger partial charge in [0.15, 0.2) is 5.41 Å². The molecule has 0 spiro atoms. The Morgan fingerprint density at radius 3 is 1.85 bits per heavy atom. The predicted molar refractivity (Wildman–Crippen MR) is 102 cm³/mol. The number of carbonyl (C=O) groups excluding carboxylic acids is 2. The predicted octanol–water partition coefficient (Wildman–Crippen LogP) is 3.66. The molecule has 2 aromatic rings. The van der Waals surface area contributed by atoms with Gasteiger partial charge in [0.25, 0.3) is 0 Å². The third-order valence-electron chi connectivity index (χ3n) is 4.25. The van der Waals surface area contributed by atoms with Crippen molar-refractivity contribution >= 4 is 11.9 Å². The van der Waals surface area contributed by atoms with Gasteiger partial charge in [-0.1, -0.05) is 60.7 Å². The summed E-state index contributed by atoms with van der Waals surface area (Å²) in [6, 6.07) is 18.6. The van der Waals surface area contributed by atoms with Crippen LogP contribution in [0.15, 0.2) is 60.7 Å². The Bertz CT molecular complexity index is 694. The Balaban J connectivity index is 2.23. The normalized spacial score (nSPS) is 11.0. The minimum absolute atomic E-state index is 0.140. The molecule has 2 aromatic carbocycles. The molecule has 0 heterocycles. The first-order valence-corrected chi connectivity index (χ1v) is 9.16. The van der Waals surface area contributed by atoms with E-state index in [2.05, 4.69) is 0 Å². The van der Waals surface area contributed by atoms with Gasteiger partial charge in [-0.25, -0.2) is 0 Å². The second-order valence-corrected chi connectivity index (χ2v) is 6.00. The molecule has 0 radical (unpaired) electrons. The van der Waals surface area contributed by atoms with E-state index >= 15 is 0 Å². The Hall–Kier alpha value is -2.66. The molecule has 27 heavy (non-hydrogen) atoms. The number of hydrogen-bond acceptors (Lipinski definition) is 5. The molecule has 144 valence electrons. The molecule has 0 saturated heterocycles. The van der Waals surface area contributed by atoms with Crippen LogP contribution in [0.3, 0.4) is 0 Å². The molecular formula is C22H26O5. The average Bonchev–Trinajstić information content (AvgIpc) is 2.70. The first kappa shape index (κ1) is 20.6. The van der Waals surface area contributed by atoms with Crippen LogP contribution < -0.4 is 0 Å². The van der Waals surface area contributed by atoms with Gasteiger partial charge in [-0.15, -0.1) is 0 Å². The van der Waals surface area contributed by atoms with Gasteiger partial charge in [-0.05, 0) is 25.0 Å². The molecule has 0 N–H and O–H groups in total. The van der Waals surface area contributed by atoms with Crippen LogP contribution in [0.1, 0.15) is 31.4 Å². The molecule has 0 aromatic heterocycles. The first-order chi connectivity index (χ1) is 13.1. The monoisotopic (exact) mass is 370 g/mol. The zero-order valence-corrected chi connectivity index (χ0v) is 15.9. The summed E-state index contributed by atoms with van der Waals surface area (Å²) in [7, 11) is 0. The lowest BCUT2D eigenvalue weighted by Gasteiger charge is -2.29. The summed E-state index contributed by atoms with van der Waals surface area (Å²) >= 11 is 0. The minimum Gasteiger partial charge on any atom is -0.465 e. The lowest BCUT2D eigenvalue weighted by Crippen LogP contribution is -2.47. The SMILES string of the molecule is CCOC(=O)C(CCOCc1ccccc1)(C(=O)OCC)c1ccccc1. The highest BCUT2D eigenvalue weighted by Crippen LogP contribution is 2.32. The van der Waals surface area contributed by atoms with Gasteiger partial charge in [-0.2, -0.15) is 0 Å². The van der Waals surface area contributed by atoms with E-state index in [0.717, 1.165) is 5.56 Å². The molecule has 0 aliphatic rings. The standard InChI is InChI=1S/C22H26O5/c1-3-26-20(23)22(21(24)27-4-2,19-13-9-6-10-14-19)15-16-25-17-18-11-7-5-8-12-18/h5-14H,3-4,15-17H2,1-2H3. The number of benzene rings is 2. The van der Waals surface area contributed by atoms with Crippen molar-refractivity contribution < 1.29 is 23.8 Å². The van der Waals surface area contributed by atoms with Crippen molar-refractivity contribution in [1.29, 1.82) is 0 Å². The van der Waals surface area contributed by atoms with Crippen molar-refractivity contribution in [2.75, 3.05) is 19.8 Å². The second kappa shape index (κ2) is 10.5. The van der Waals surface area contributed by atoms with Gasteiger partial charge in [0, 0.05) is 13.0 Å². The summed E-state index contributed by atoms with van der Waals surface area (Å²) in [5, 5.41) is 0. The van der Waals surface area contributed by atoms with Crippen LogP contribution in [0.4, 0.5) is 0 Å². The van der Waals surface area contributed by atoms with Crippen LogP contribution in [0, 0.1) is 0 Å². The topological polar surface area (TPSA) is 61.8 Å². The van der Waals surface area contributed by atoms with Gasteiger partial charge in [0.2, 0.25) is 0 Å². The molecule has 0 aliphatic heterocycles. The van der Waals surface area contributed by atoms with Crippen molar-refractivity contribution in [3.8, 4) is 0 Å². The Kier molecular flexibility index (Phi) is 8.01. The Morgan fingerprint density at radius 2 is 1.33 bits per heavy atom. The fourth-order valence-electron chi connectivity index (χ4n) is 2.89. The van der Waals surface area contributed by atoms with Crippen molar-refractivity contribution in [2.24, 2.45) is 0 Å². The van der Waals surface area contributed by atoms with E-state index in [-0.39, 0.29) is 26.2 Å². The number of carbonyl (C=O) groups is 2. The molecule has 0 atom stereocenters. The van der Waals surface area contributed by atoms with Crippen LogP contribution in [-0.2, 0) is 35.8 Å². The summed E-state index contributed by atoms with van der Waals surface area (Å²) in [6.45, 7) is 4.39. The zero-order valence-electron chi connectivity index (χ0n) is 15.9. The summed E-state index contributed by atoms with van der Waals surface area (Å²) in [6.07, 6.45) is 0.140. The maximum absolute atomic E-state index is 12.9. The van der Waals surface area contributed by atoms with E-state index in [1.54, 1.807) is 38.1 Å². The number of hydrogen-bond donors (Lipinski definition) is 0. The molecule has 0 amide bonds. The number of rotatable bonds is 10. The van der Waals surface area contributed by atoms with E-state index in [1.807, 2.05) is 36.4 Å². The highest BCUT2D eigenvalue weighted by Gasteiger charge is 2.50. The maximum Gasteiger partial charge on any atom is 0.328 e. The van der Waals surface area contributed by atoms with E-state index < -0.39 is 17.4 Å². The van der Waals surface area contributed by atoms with Crippen LogP contribution in [0.2, 0.25) is 0 Å². The molecule has 0 unspecified atom stereocenters. The third-order valence-corrected chi connectivity index (χ3v) is 4.25. The molecule has 5 nitrogen and oxygen atoms in total. The largest absolute Gasteiger partial charge is 0.465 e. The lowest BCUT2D eigenvalue weighted by atomic mass is 9.77. The maximum atomic E-state index is 12.9. The average molecular weight is 370 g/mol. The molecule has 0 bridgehead atoms. The van der Waals surface area contributed by atoms with Crippen molar-refractivity contribution in [2.45, 2.75) is 32.3 Å². The van der Waals surface area contributed by atoms with Gasteiger partial charge in [-0.3, -0.25) is 9.59 Å². The van der Waals surface area contributed by atoms with Gasteiger partial charge < -0.3 is 14.2 Å². The van der Waals surface area contributed by atoms with Crippen LogP contribution in [0.25, 0.3) is 0 Å². The molecule has 2 rings (SSSR count). The second-order valence-electron chi connectivity index (χ2n) is 6.00. The molecule has 0 aliphatic carbocycles. The summed E-state index contributed by atoms with van der Waals surface area (Å²) < 4.78 is 16.2. The summed E-state index contributed by atoms with van der Waals surface area (Å²) in [4.78, 5) is 25.7. The summed E-state index contributed by atoms with van der Waals surface area (Å²) in [5.74, 6) is -1.23. The Labute approximate surface area is 160 Å². The minimum atomic E-state index is -1.54. The zero-order chi connectivity index (χ0) is 19.5. The van der Waals surface area contributed by atoms with Crippen LogP contribution in [-0.4, -0.2) is 31.8 Å². The summed E-state index contributed by atoms with van der Waals surface area (Å²) in [5.41, 5.74) is 0.0320. The fraction of sp³-hybridized carbons (Fsp3) is 0.364. The van der Waals surface area contributed by atoms with Gasteiger partial charge in [0.1, 0.15) is 0 Å². The van der Waals surface area contributed by atoms with E-state index in [9.17, 15) is 9.59 Å². The van der Waals surface area contributed by atoms with Gasteiger partial charge >= 0.3 is 11.9 Å². The number of ether oxygens (including phenoxy) is 3. The lowest BCUT2D eigenvalue weighted by molar-refractivity contribution is -0.166.